The third-order valence-electron chi connectivity index (χ3n) is 4.25. The summed E-state index contributed by atoms with van der Waals surface area (Å²) in [5.41, 5.74) is 4.11. The molecule has 6 heteroatoms. The van der Waals surface area contributed by atoms with Crippen LogP contribution >= 0.6 is 0 Å². The van der Waals surface area contributed by atoms with Crippen LogP contribution in [0.1, 0.15) is 25.5 Å². The summed E-state index contributed by atoms with van der Waals surface area (Å²) < 4.78 is 0. The van der Waals surface area contributed by atoms with Gasteiger partial charge in [0.2, 0.25) is 6.29 Å². The largest absolute Gasteiger partial charge is 0.345 e. The first-order valence-electron chi connectivity index (χ1n) is 8.29. The van der Waals surface area contributed by atoms with Crippen LogP contribution in [0.4, 0.5) is 17.1 Å². The topological polar surface area (TPSA) is 69.6 Å². The van der Waals surface area contributed by atoms with Crippen molar-refractivity contribution >= 4 is 28.7 Å². The fourth-order valence-corrected chi connectivity index (χ4v) is 2.89. The number of nitrogens with zero attached hydrogens (tertiary/aromatic N) is 3. The van der Waals surface area contributed by atoms with Crippen LogP contribution in [0.2, 0.25) is 0 Å². The van der Waals surface area contributed by atoms with Crippen LogP contribution in [0.15, 0.2) is 59.9 Å². The molecule has 6 nitrogen and oxygen atoms in total. The van der Waals surface area contributed by atoms with Crippen LogP contribution in [0.5, 0.6) is 0 Å². The van der Waals surface area contributed by atoms with Crippen LogP contribution in [-0.2, 0) is 4.79 Å². The number of carbonyl (C=O) groups is 1. The molecule has 1 unspecified atom stereocenters. The average molecular weight is 333 g/mol. The summed E-state index contributed by atoms with van der Waals surface area (Å²) in [5.74, 6) is 0.115. The number of aliphatic imine (C=N–C) groups is 1. The van der Waals surface area contributed by atoms with Gasteiger partial charge in [-0.2, -0.15) is 0 Å². The molecular formula is C19H19N5O. The lowest BCUT2D eigenvalue weighted by atomic mass is 10.1. The Kier molecular flexibility index (Phi) is 3.72. The fraction of sp³-hybridized carbons (Fsp3) is 0.211. The summed E-state index contributed by atoms with van der Waals surface area (Å²) in [7, 11) is 0. The zero-order chi connectivity index (χ0) is 17.4. The highest BCUT2D eigenvalue weighted by Gasteiger charge is 2.30. The Morgan fingerprint density at radius 2 is 2.08 bits per heavy atom. The highest BCUT2D eigenvalue weighted by molar-refractivity contribution is 6.47. The van der Waals surface area contributed by atoms with Crippen molar-refractivity contribution in [1.82, 2.24) is 4.98 Å². The van der Waals surface area contributed by atoms with Crippen molar-refractivity contribution in [2.75, 3.05) is 15.5 Å². The van der Waals surface area contributed by atoms with Gasteiger partial charge in [-0.15, -0.1) is 0 Å². The van der Waals surface area contributed by atoms with Gasteiger partial charge in [0.15, 0.2) is 0 Å². The zero-order valence-corrected chi connectivity index (χ0v) is 14.1. The Bertz CT molecular complexity index is 870. The third-order valence-corrected chi connectivity index (χ3v) is 4.25. The Hall–Kier alpha value is -3.15. The van der Waals surface area contributed by atoms with Crippen LogP contribution in [0.25, 0.3) is 0 Å². The molecule has 0 aliphatic carbocycles. The monoisotopic (exact) mass is 333 g/mol. The standard InChI is InChI=1S/C19H19N5O/c1-12(2)14-8-7-13(11-20-14)21-18(25)16-9-10-24-17-6-4-3-5-15(17)22-19(24)23-16/h3-12,19,22H,1-2H3,(H,21,25). The maximum atomic E-state index is 12.5. The highest BCUT2D eigenvalue weighted by atomic mass is 16.1. The lowest BCUT2D eigenvalue weighted by molar-refractivity contribution is -0.110. The Morgan fingerprint density at radius 1 is 1.24 bits per heavy atom. The maximum Gasteiger partial charge on any atom is 0.274 e. The summed E-state index contributed by atoms with van der Waals surface area (Å²) in [6.45, 7) is 4.17. The van der Waals surface area contributed by atoms with Crippen molar-refractivity contribution in [3.05, 3.63) is 60.6 Å². The molecule has 1 atom stereocenters. The van der Waals surface area contributed by atoms with Gasteiger partial charge in [-0.25, -0.2) is 4.99 Å². The van der Waals surface area contributed by atoms with Crippen LogP contribution in [-0.4, -0.2) is 22.9 Å². The van der Waals surface area contributed by atoms with E-state index >= 15 is 0 Å². The Morgan fingerprint density at radius 3 is 2.84 bits per heavy atom. The number of benzene rings is 1. The first kappa shape index (κ1) is 15.4. The normalized spacial score (nSPS) is 17.6. The number of para-hydroxylation sites is 2. The molecule has 0 radical (unpaired) electrons. The Labute approximate surface area is 146 Å². The average Bonchev–Trinajstić information content (AvgIpc) is 3.00. The summed E-state index contributed by atoms with van der Waals surface area (Å²) in [4.78, 5) is 23.4. The zero-order valence-electron chi connectivity index (χ0n) is 14.1. The highest BCUT2D eigenvalue weighted by Crippen LogP contribution is 2.35. The lowest BCUT2D eigenvalue weighted by Crippen LogP contribution is -2.36. The van der Waals surface area contributed by atoms with Gasteiger partial charge in [0, 0.05) is 11.9 Å². The van der Waals surface area contributed by atoms with Crippen LogP contribution < -0.4 is 15.5 Å². The van der Waals surface area contributed by atoms with E-state index in [-0.39, 0.29) is 12.2 Å². The molecule has 1 amide bonds. The van der Waals surface area contributed by atoms with Crippen molar-refractivity contribution in [3.63, 3.8) is 0 Å². The molecule has 2 N–H and O–H groups in total. The fourth-order valence-electron chi connectivity index (χ4n) is 2.89. The number of anilines is 3. The van der Waals surface area contributed by atoms with Gasteiger partial charge >= 0.3 is 0 Å². The van der Waals surface area contributed by atoms with E-state index < -0.39 is 0 Å². The molecule has 2 aromatic rings. The SMILES string of the molecule is CC(C)c1ccc(NC(=O)C2=NC3Nc4ccccc4N3C=C2)cn1. The van der Waals surface area contributed by atoms with Gasteiger partial charge in [0.25, 0.3) is 5.91 Å². The van der Waals surface area contributed by atoms with E-state index in [2.05, 4.69) is 34.5 Å². The quantitative estimate of drug-likeness (QED) is 0.904. The number of fused-ring (bicyclic) bond motifs is 3. The van der Waals surface area contributed by atoms with Gasteiger partial charge < -0.3 is 15.5 Å². The van der Waals surface area contributed by atoms with Crippen LogP contribution in [0, 0.1) is 0 Å². The number of hydrogen-bond donors (Lipinski definition) is 2. The van der Waals surface area contributed by atoms with Crippen molar-refractivity contribution in [1.29, 1.82) is 0 Å². The van der Waals surface area contributed by atoms with Gasteiger partial charge in [0.05, 0.1) is 23.3 Å². The van der Waals surface area contributed by atoms with Crippen molar-refractivity contribution in [3.8, 4) is 0 Å². The maximum absolute atomic E-state index is 12.5. The molecule has 0 saturated carbocycles. The first-order chi connectivity index (χ1) is 12.1. The van der Waals surface area contributed by atoms with E-state index in [0.717, 1.165) is 17.1 Å². The molecule has 4 rings (SSSR count). The minimum absolute atomic E-state index is 0.243. The minimum Gasteiger partial charge on any atom is -0.345 e. The first-order valence-corrected chi connectivity index (χ1v) is 8.29. The third kappa shape index (κ3) is 2.87. The molecule has 126 valence electrons. The van der Waals surface area contributed by atoms with Gasteiger partial charge in [-0.3, -0.25) is 9.78 Å². The van der Waals surface area contributed by atoms with Crippen molar-refractivity contribution < 1.29 is 4.79 Å². The lowest BCUT2D eigenvalue weighted by Gasteiger charge is -2.23. The molecule has 2 aliphatic heterocycles. The van der Waals surface area contributed by atoms with E-state index in [1.54, 1.807) is 12.3 Å². The van der Waals surface area contributed by atoms with Gasteiger partial charge in [-0.1, -0.05) is 26.0 Å². The van der Waals surface area contributed by atoms with E-state index in [1.165, 1.54) is 0 Å². The van der Waals surface area contributed by atoms with Crippen molar-refractivity contribution in [2.45, 2.75) is 26.1 Å². The molecule has 1 aromatic carbocycles. The molecule has 1 aromatic heterocycles. The molecular weight excluding hydrogens is 314 g/mol. The molecule has 0 fully saturated rings. The second kappa shape index (κ2) is 6.05. The molecule has 2 aliphatic rings. The number of aromatic nitrogens is 1. The van der Waals surface area contributed by atoms with E-state index in [1.807, 2.05) is 47.5 Å². The predicted octanol–water partition coefficient (Wildman–Crippen LogP) is 3.33. The van der Waals surface area contributed by atoms with Gasteiger partial charge in [0.1, 0.15) is 5.71 Å². The van der Waals surface area contributed by atoms with E-state index in [4.69, 9.17) is 0 Å². The molecule has 25 heavy (non-hydrogen) atoms. The minimum atomic E-state index is -0.287. The van der Waals surface area contributed by atoms with E-state index in [9.17, 15) is 4.79 Å². The molecule has 0 spiro atoms. The summed E-state index contributed by atoms with van der Waals surface area (Å²) in [5, 5.41) is 6.15. The summed E-state index contributed by atoms with van der Waals surface area (Å²) in [6.07, 6.45) is 5.00. The molecule has 0 saturated heterocycles. The summed E-state index contributed by atoms with van der Waals surface area (Å²) in [6, 6.07) is 11.8. The number of nitrogens with one attached hydrogen (secondary N) is 2. The number of pyridine rings is 1. The Balaban J connectivity index is 1.48. The second-order valence-corrected chi connectivity index (χ2v) is 6.35. The number of amides is 1. The number of rotatable bonds is 3. The smallest absolute Gasteiger partial charge is 0.274 e. The van der Waals surface area contributed by atoms with Gasteiger partial charge in [-0.05, 0) is 36.3 Å². The molecule has 3 heterocycles. The van der Waals surface area contributed by atoms with Crippen LogP contribution in [0.3, 0.4) is 0 Å². The predicted molar refractivity (Wildman–Crippen MR) is 99.9 cm³/mol. The molecule has 0 bridgehead atoms. The number of carbonyl (C=O) groups excluding carboxylic acids is 1. The summed E-state index contributed by atoms with van der Waals surface area (Å²) >= 11 is 0. The number of hydrogen-bond acceptors (Lipinski definition) is 5. The second-order valence-electron chi connectivity index (χ2n) is 6.35. The van der Waals surface area contributed by atoms with E-state index in [0.29, 0.717) is 17.3 Å². The van der Waals surface area contributed by atoms with Crippen molar-refractivity contribution in [2.24, 2.45) is 4.99 Å².